The number of thioether (sulfide) groups is 1. The van der Waals surface area contributed by atoms with E-state index in [0.29, 0.717) is 0 Å². The fraction of sp³-hybridized carbons (Fsp3) is 0.500. The van der Waals surface area contributed by atoms with Crippen LogP contribution in [0.1, 0.15) is 19.3 Å². The van der Waals surface area contributed by atoms with Crippen molar-refractivity contribution >= 4 is 23.8 Å². The third-order valence-corrected chi connectivity index (χ3v) is 3.68. The molecule has 1 aromatic heterocycles. The second-order valence-electron chi connectivity index (χ2n) is 3.83. The summed E-state index contributed by atoms with van der Waals surface area (Å²) < 4.78 is 2.19. The second-order valence-corrected chi connectivity index (χ2v) is 4.66. The first-order valence-electron chi connectivity index (χ1n) is 5.49. The highest BCUT2D eigenvalue weighted by Crippen LogP contribution is 2.27. The number of rotatable bonds is 3. The zero-order chi connectivity index (χ0) is 10.7. The summed E-state index contributed by atoms with van der Waals surface area (Å²) in [5.74, 6) is 1.30. The Morgan fingerprint density at radius 1 is 1.27 bits per heavy atom. The van der Waals surface area contributed by atoms with Crippen LogP contribution in [0.25, 0.3) is 6.20 Å². The van der Waals surface area contributed by atoms with Crippen LogP contribution < -0.4 is 4.90 Å². The van der Waals surface area contributed by atoms with E-state index >= 15 is 0 Å². The van der Waals surface area contributed by atoms with Crippen LogP contribution in [0.3, 0.4) is 0 Å². The molecule has 0 aliphatic carbocycles. The molecule has 0 spiro atoms. The van der Waals surface area contributed by atoms with Crippen LogP contribution in [-0.2, 0) is 0 Å². The summed E-state index contributed by atoms with van der Waals surface area (Å²) in [5.41, 5.74) is 0. The van der Waals surface area contributed by atoms with Crippen LogP contribution in [-0.4, -0.2) is 23.9 Å². The quantitative estimate of drug-likeness (QED) is 0.725. The topological polar surface area (TPSA) is 8.17 Å². The Hall–Kier alpha value is -0.830. The van der Waals surface area contributed by atoms with Crippen LogP contribution in [0.5, 0.6) is 0 Å². The van der Waals surface area contributed by atoms with Crippen molar-refractivity contribution in [1.82, 2.24) is 4.57 Å². The van der Waals surface area contributed by atoms with Gasteiger partial charge in [-0.05, 0) is 37.7 Å². The van der Waals surface area contributed by atoms with Gasteiger partial charge >= 0.3 is 0 Å². The van der Waals surface area contributed by atoms with E-state index in [1.54, 1.807) is 11.8 Å². The molecule has 1 saturated heterocycles. The maximum atomic E-state index is 3.89. The predicted octanol–water partition coefficient (Wildman–Crippen LogP) is 3.30. The summed E-state index contributed by atoms with van der Waals surface area (Å²) in [4.78, 5) is 2.46. The molecule has 0 unspecified atom stereocenters. The zero-order valence-electron chi connectivity index (χ0n) is 9.28. The van der Waals surface area contributed by atoms with Crippen molar-refractivity contribution in [2.75, 3.05) is 24.2 Å². The fourth-order valence-corrected chi connectivity index (χ4v) is 2.72. The summed E-state index contributed by atoms with van der Waals surface area (Å²) in [7, 11) is 0. The van der Waals surface area contributed by atoms with E-state index in [9.17, 15) is 0 Å². The Labute approximate surface area is 96.0 Å². The van der Waals surface area contributed by atoms with E-state index in [1.165, 1.54) is 43.2 Å². The smallest absolute Gasteiger partial charge is 0.113 e. The number of piperidine rings is 1. The largest absolute Gasteiger partial charge is 0.358 e. The molecule has 1 aliphatic rings. The molecule has 15 heavy (non-hydrogen) atoms. The Balaban J connectivity index is 2.25. The maximum Gasteiger partial charge on any atom is 0.113 e. The van der Waals surface area contributed by atoms with Crippen molar-refractivity contribution < 1.29 is 0 Å². The van der Waals surface area contributed by atoms with Gasteiger partial charge in [0.15, 0.2) is 0 Å². The molecular weight excluding hydrogens is 204 g/mol. The lowest BCUT2D eigenvalue weighted by Gasteiger charge is -2.29. The monoisotopic (exact) mass is 222 g/mol. The van der Waals surface area contributed by atoms with Crippen LogP contribution >= 0.6 is 11.8 Å². The van der Waals surface area contributed by atoms with Gasteiger partial charge in [-0.3, -0.25) is 4.57 Å². The van der Waals surface area contributed by atoms with Gasteiger partial charge in [-0.25, -0.2) is 0 Å². The first kappa shape index (κ1) is 10.7. The average Bonchev–Trinajstić information content (AvgIpc) is 2.72. The summed E-state index contributed by atoms with van der Waals surface area (Å²) in [6, 6.07) is 4.38. The molecule has 82 valence electrons. The molecule has 1 aromatic rings. The van der Waals surface area contributed by atoms with Gasteiger partial charge in [-0.2, -0.15) is 0 Å². The Bertz CT molecular complexity index is 337. The van der Waals surface area contributed by atoms with E-state index in [2.05, 4.69) is 34.4 Å². The lowest BCUT2D eigenvalue weighted by atomic mass is 10.1. The third-order valence-electron chi connectivity index (χ3n) is 2.93. The predicted molar refractivity (Wildman–Crippen MR) is 68.7 cm³/mol. The van der Waals surface area contributed by atoms with E-state index < -0.39 is 0 Å². The van der Waals surface area contributed by atoms with Crippen LogP contribution in [0, 0.1) is 0 Å². The van der Waals surface area contributed by atoms with Gasteiger partial charge in [-0.15, -0.1) is 11.8 Å². The molecule has 0 amide bonds. The van der Waals surface area contributed by atoms with Crippen LogP contribution in [0.15, 0.2) is 23.7 Å². The van der Waals surface area contributed by atoms with Gasteiger partial charge < -0.3 is 4.90 Å². The van der Waals surface area contributed by atoms with E-state index in [4.69, 9.17) is 0 Å². The van der Waals surface area contributed by atoms with Gasteiger partial charge in [0.2, 0.25) is 0 Å². The van der Waals surface area contributed by atoms with Crippen molar-refractivity contribution in [2.45, 2.75) is 24.3 Å². The Morgan fingerprint density at radius 3 is 2.60 bits per heavy atom. The molecule has 0 bridgehead atoms. The van der Waals surface area contributed by atoms with Crippen molar-refractivity contribution in [1.29, 1.82) is 0 Å². The molecule has 2 nitrogen and oxygen atoms in total. The number of anilines is 1. The van der Waals surface area contributed by atoms with Crippen molar-refractivity contribution in [2.24, 2.45) is 0 Å². The minimum atomic E-state index is 1.19. The van der Waals surface area contributed by atoms with E-state index in [0.717, 1.165) is 0 Å². The average molecular weight is 222 g/mol. The molecule has 0 saturated carbocycles. The molecule has 0 radical (unpaired) electrons. The van der Waals surface area contributed by atoms with Crippen molar-refractivity contribution in [3.63, 3.8) is 0 Å². The summed E-state index contributed by atoms with van der Waals surface area (Å²) in [5, 5.41) is 1.27. The summed E-state index contributed by atoms with van der Waals surface area (Å²) in [6.45, 7) is 6.26. The molecule has 0 aromatic carbocycles. The molecular formula is C12H18N2S. The van der Waals surface area contributed by atoms with Crippen LogP contribution in [0.2, 0.25) is 0 Å². The van der Waals surface area contributed by atoms with E-state index in [1.807, 2.05) is 6.20 Å². The van der Waals surface area contributed by atoms with Gasteiger partial charge in [-0.1, -0.05) is 6.58 Å². The lowest BCUT2D eigenvalue weighted by Crippen LogP contribution is -2.30. The molecule has 0 atom stereocenters. The fourth-order valence-electron chi connectivity index (χ4n) is 2.15. The SMILES string of the molecule is C=Cn1c(SC)ccc1N1CCCCC1. The molecule has 2 rings (SSSR count). The normalized spacial score (nSPS) is 16.7. The summed E-state index contributed by atoms with van der Waals surface area (Å²) >= 11 is 1.77. The van der Waals surface area contributed by atoms with E-state index in [-0.39, 0.29) is 0 Å². The van der Waals surface area contributed by atoms with Crippen molar-refractivity contribution in [3.05, 3.63) is 18.7 Å². The number of hydrogen-bond donors (Lipinski definition) is 0. The first-order valence-corrected chi connectivity index (χ1v) is 6.72. The third kappa shape index (κ3) is 2.07. The molecule has 1 fully saturated rings. The number of hydrogen-bond acceptors (Lipinski definition) is 2. The molecule has 3 heteroatoms. The number of nitrogens with zero attached hydrogens (tertiary/aromatic N) is 2. The number of aromatic nitrogens is 1. The standard InChI is InChI=1S/C12H18N2S/c1-3-14-11(7-8-12(14)15-2)13-9-5-4-6-10-13/h3,7-8H,1,4-6,9-10H2,2H3. The van der Waals surface area contributed by atoms with Crippen LogP contribution in [0.4, 0.5) is 5.82 Å². The lowest BCUT2D eigenvalue weighted by molar-refractivity contribution is 0.570. The first-order chi connectivity index (χ1) is 7.36. The molecule has 0 N–H and O–H groups in total. The molecule has 2 heterocycles. The van der Waals surface area contributed by atoms with Crippen molar-refractivity contribution in [3.8, 4) is 0 Å². The highest BCUT2D eigenvalue weighted by molar-refractivity contribution is 7.98. The zero-order valence-corrected chi connectivity index (χ0v) is 10.1. The van der Waals surface area contributed by atoms with Gasteiger partial charge in [0.1, 0.15) is 5.82 Å². The second kappa shape index (κ2) is 4.79. The van der Waals surface area contributed by atoms with Gasteiger partial charge in [0.05, 0.1) is 5.03 Å². The Kier molecular flexibility index (Phi) is 3.41. The van der Waals surface area contributed by atoms with Gasteiger partial charge in [0.25, 0.3) is 0 Å². The Morgan fingerprint density at radius 2 is 2.00 bits per heavy atom. The summed E-state index contributed by atoms with van der Waals surface area (Å²) in [6.07, 6.45) is 8.03. The molecule has 1 aliphatic heterocycles. The minimum Gasteiger partial charge on any atom is -0.358 e. The minimum absolute atomic E-state index is 1.19. The highest BCUT2D eigenvalue weighted by atomic mass is 32.2. The highest BCUT2D eigenvalue weighted by Gasteiger charge is 2.15. The van der Waals surface area contributed by atoms with Gasteiger partial charge in [0, 0.05) is 19.3 Å². The maximum absolute atomic E-state index is 3.89.